The number of ether oxygens (including phenoxy) is 1. The minimum absolute atomic E-state index is 0.392. The minimum atomic E-state index is 0.392. The van der Waals surface area contributed by atoms with Crippen LogP contribution in [0.5, 0.6) is 5.75 Å². The highest BCUT2D eigenvalue weighted by Crippen LogP contribution is 2.40. The lowest BCUT2D eigenvalue weighted by Gasteiger charge is -2.47. The van der Waals surface area contributed by atoms with Crippen LogP contribution >= 0.6 is 0 Å². The van der Waals surface area contributed by atoms with Crippen molar-refractivity contribution in [2.45, 2.75) is 20.8 Å². The summed E-state index contributed by atoms with van der Waals surface area (Å²) in [7, 11) is 3.55. The van der Waals surface area contributed by atoms with Gasteiger partial charge in [-0.3, -0.25) is 0 Å². The van der Waals surface area contributed by atoms with Gasteiger partial charge in [-0.05, 0) is 30.0 Å². The second-order valence-electron chi connectivity index (χ2n) is 6.25. The van der Waals surface area contributed by atoms with Crippen molar-refractivity contribution >= 4 is 11.4 Å². The zero-order valence-corrected chi connectivity index (χ0v) is 13.1. The van der Waals surface area contributed by atoms with Crippen LogP contribution in [0.2, 0.25) is 0 Å². The van der Waals surface area contributed by atoms with Gasteiger partial charge in [0.2, 0.25) is 0 Å². The molecule has 0 amide bonds. The zero-order chi connectivity index (χ0) is 14.9. The number of rotatable bonds is 4. The van der Waals surface area contributed by atoms with Gasteiger partial charge >= 0.3 is 0 Å². The van der Waals surface area contributed by atoms with E-state index >= 15 is 0 Å². The van der Waals surface area contributed by atoms with Crippen molar-refractivity contribution in [2.24, 2.45) is 11.1 Å². The highest BCUT2D eigenvalue weighted by Gasteiger charge is 2.35. The van der Waals surface area contributed by atoms with Gasteiger partial charge in [0, 0.05) is 31.9 Å². The molecular formula is C16H25N3O. The smallest absolute Gasteiger partial charge is 0.142 e. The van der Waals surface area contributed by atoms with Gasteiger partial charge in [-0.2, -0.15) is 0 Å². The Morgan fingerprint density at radius 1 is 1.40 bits per heavy atom. The summed E-state index contributed by atoms with van der Waals surface area (Å²) in [5, 5.41) is 2.96. The fourth-order valence-electron chi connectivity index (χ4n) is 2.79. The Morgan fingerprint density at radius 2 is 2.05 bits per heavy atom. The molecule has 0 radical (unpaired) electrons. The topological polar surface area (TPSA) is 50.5 Å². The third-order valence-corrected chi connectivity index (χ3v) is 3.72. The number of nitrogens with one attached hydrogen (secondary N) is 1. The maximum absolute atomic E-state index is 6.08. The summed E-state index contributed by atoms with van der Waals surface area (Å²) in [6.45, 7) is 8.77. The number of benzene rings is 1. The van der Waals surface area contributed by atoms with Crippen LogP contribution in [-0.2, 0) is 0 Å². The van der Waals surface area contributed by atoms with Crippen molar-refractivity contribution in [3.8, 4) is 5.75 Å². The predicted octanol–water partition coefficient (Wildman–Crippen LogP) is 2.33. The molecule has 1 saturated heterocycles. The summed E-state index contributed by atoms with van der Waals surface area (Å²) in [5.74, 6) is 0.883. The fourth-order valence-corrected chi connectivity index (χ4v) is 2.79. The summed E-state index contributed by atoms with van der Waals surface area (Å²) in [4.78, 5) is 2.35. The van der Waals surface area contributed by atoms with Gasteiger partial charge in [0.15, 0.2) is 0 Å². The molecule has 0 saturated carbocycles. The zero-order valence-electron chi connectivity index (χ0n) is 13.1. The molecule has 1 aliphatic heterocycles. The van der Waals surface area contributed by atoms with Gasteiger partial charge in [-0.15, -0.1) is 0 Å². The Labute approximate surface area is 121 Å². The SMILES string of the molecule is CN/C=C(\N)c1cc(OC)c(N2CC(C)(C)C2)cc1C. The molecule has 1 aromatic carbocycles. The number of anilines is 1. The number of hydrogen-bond donors (Lipinski definition) is 2. The Morgan fingerprint density at radius 3 is 2.55 bits per heavy atom. The van der Waals surface area contributed by atoms with Crippen molar-refractivity contribution in [3.63, 3.8) is 0 Å². The van der Waals surface area contributed by atoms with E-state index in [4.69, 9.17) is 10.5 Å². The van der Waals surface area contributed by atoms with Gasteiger partial charge in [-0.25, -0.2) is 0 Å². The molecule has 1 aromatic rings. The number of hydrogen-bond acceptors (Lipinski definition) is 4. The first-order valence-electron chi connectivity index (χ1n) is 6.95. The van der Waals surface area contributed by atoms with Crippen LogP contribution in [-0.4, -0.2) is 27.2 Å². The molecule has 1 aliphatic rings. The van der Waals surface area contributed by atoms with Crippen molar-refractivity contribution in [2.75, 3.05) is 32.1 Å². The highest BCUT2D eigenvalue weighted by atomic mass is 16.5. The summed E-state index contributed by atoms with van der Waals surface area (Å²) in [6.07, 6.45) is 1.80. The largest absolute Gasteiger partial charge is 0.495 e. The lowest BCUT2D eigenvalue weighted by molar-refractivity contribution is 0.273. The van der Waals surface area contributed by atoms with Crippen LogP contribution in [0.15, 0.2) is 18.3 Å². The van der Waals surface area contributed by atoms with Gasteiger partial charge < -0.3 is 20.7 Å². The van der Waals surface area contributed by atoms with Crippen molar-refractivity contribution < 1.29 is 4.74 Å². The van der Waals surface area contributed by atoms with Crippen molar-refractivity contribution in [1.82, 2.24) is 5.32 Å². The summed E-state index contributed by atoms with van der Waals surface area (Å²) < 4.78 is 5.55. The molecule has 110 valence electrons. The lowest BCUT2D eigenvalue weighted by Crippen LogP contribution is -2.53. The quantitative estimate of drug-likeness (QED) is 0.885. The molecule has 1 fully saturated rings. The Bertz CT molecular complexity index is 527. The minimum Gasteiger partial charge on any atom is -0.495 e. The van der Waals surface area contributed by atoms with E-state index in [0.29, 0.717) is 5.41 Å². The van der Waals surface area contributed by atoms with Crippen LogP contribution < -0.4 is 20.7 Å². The van der Waals surface area contributed by atoms with Gasteiger partial charge in [0.05, 0.1) is 18.5 Å². The molecule has 20 heavy (non-hydrogen) atoms. The molecule has 0 unspecified atom stereocenters. The molecule has 2 rings (SSSR count). The van der Waals surface area contributed by atoms with E-state index in [1.54, 1.807) is 13.3 Å². The molecular weight excluding hydrogens is 250 g/mol. The van der Waals surface area contributed by atoms with Crippen LogP contribution in [0.25, 0.3) is 5.70 Å². The fraction of sp³-hybridized carbons (Fsp3) is 0.500. The summed E-state index contributed by atoms with van der Waals surface area (Å²) in [5.41, 5.74) is 10.5. The molecule has 0 aromatic heterocycles. The first-order valence-corrected chi connectivity index (χ1v) is 6.95. The van der Waals surface area contributed by atoms with Gasteiger partial charge in [0.1, 0.15) is 5.75 Å². The van der Waals surface area contributed by atoms with E-state index in [-0.39, 0.29) is 0 Å². The van der Waals surface area contributed by atoms with Crippen molar-refractivity contribution in [3.05, 3.63) is 29.5 Å². The number of nitrogens with two attached hydrogens (primary N) is 1. The maximum Gasteiger partial charge on any atom is 0.142 e. The molecule has 0 atom stereocenters. The first kappa shape index (κ1) is 14.6. The maximum atomic E-state index is 6.08. The molecule has 4 heteroatoms. The Hall–Kier alpha value is -1.84. The second kappa shape index (κ2) is 5.27. The first-order chi connectivity index (χ1) is 9.38. The summed E-state index contributed by atoms with van der Waals surface area (Å²) in [6, 6.07) is 4.19. The summed E-state index contributed by atoms with van der Waals surface area (Å²) >= 11 is 0. The van der Waals surface area contributed by atoms with E-state index in [2.05, 4.69) is 37.1 Å². The Balaban J connectivity index is 2.36. The standard InChI is InChI=1S/C16H25N3O/c1-11-6-14(19-9-16(2,3)10-19)15(20-5)7-12(11)13(17)8-18-4/h6-8,18H,9-10,17H2,1-5H3/b13-8-. The van der Waals surface area contributed by atoms with Gasteiger partial charge in [0.25, 0.3) is 0 Å². The van der Waals surface area contributed by atoms with E-state index in [9.17, 15) is 0 Å². The monoisotopic (exact) mass is 275 g/mol. The lowest BCUT2D eigenvalue weighted by atomic mass is 9.83. The van der Waals surface area contributed by atoms with Crippen LogP contribution in [0.4, 0.5) is 5.69 Å². The van der Waals surface area contributed by atoms with Crippen LogP contribution in [0, 0.1) is 12.3 Å². The normalized spacial score (nSPS) is 17.6. The number of methoxy groups -OCH3 is 1. The van der Waals surface area contributed by atoms with Crippen LogP contribution in [0.3, 0.4) is 0 Å². The highest BCUT2D eigenvalue weighted by molar-refractivity contribution is 5.73. The molecule has 3 N–H and O–H groups in total. The third-order valence-electron chi connectivity index (χ3n) is 3.72. The van der Waals surface area contributed by atoms with Gasteiger partial charge in [-0.1, -0.05) is 13.8 Å². The molecule has 1 heterocycles. The van der Waals surface area contributed by atoms with E-state index < -0.39 is 0 Å². The average molecular weight is 275 g/mol. The van der Waals surface area contributed by atoms with E-state index in [1.165, 1.54) is 0 Å². The molecule has 0 bridgehead atoms. The van der Waals surface area contributed by atoms with Crippen molar-refractivity contribution in [1.29, 1.82) is 0 Å². The van der Waals surface area contributed by atoms with E-state index in [1.807, 2.05) is 13.1 Å². The molecule has 0 aliphatic carbocycles. The van der Waals surface area contributed by atoms with Crippen LogP contribution in [0.1, 0.15) is 25.0 Å². The molecule has 0 spiro atoms. The number of aryl methyl sites for hydroxylation is 1. The predicted molar refractivity (Wildman–Crippen MR) is 84.9 cm³/mol. The third kappa shape index (κ3) is 2.69. The Kier molecular flexibility index (Phi) is 3.84. The average Bonchev–Trinajstić information content (AvgIpc) is 2.35. The second-order valence-corrected chi connectivity index (χ2v) is 6.25. The van der Waals surface area contributed by atoms with E-state index in [0.717, 1.165) is 41.4 Å². The number of nitrogens with zero attached hydrogens (tertiary/aromatic N) is 1. The molecule has 4 nitrogen and oxygen atoms in total.